The van der Waals surface area contributed by atoms with Gasteiger partial charge in [-0.1, -0.05) is 26.3 Å². The van der Waals surface area contributed by atoms with Crippen molar-refractivity contribution in [3.8, 4) is 11.5 Å². The summed E-state index contributed by atoms with van der Waals surface area (Å²) < 4.78 is 5.22. The van der Waals surface area contributed by atoms with Crippen LogP contribution in [0.1, 0.15) is 20.3 Å². The van der Waals surface area contributed by atoms with Crippen LogP contribution in [0.4, 0.5) is 5.69 Å². The van der Waals surface area contributed by atoms with Crippen LogP contribution in [-0.2, 0) is 9.59 Å². The number of benzene rings is 1. The molecule has 1 heterocycles. The van der Waals surface area contributed by atoms with Crippen molar-refractivity contribution in [1.82, 2.24) is 9.88 Å². The second kappa shape index (κ2) is 7.58. The second-order valence-electron chi connectivity index (χ2n) is 5.57. The van der Waals surface area contributed by atoms with Gasteiger partial charge in [-0.05, 0) is 24.1 Å². The fourth-order valence-corrected chi connectivity index (χ4v) is 2.13. The van der Waals surface area contributed by atoms with E-state index >= 15 is 0 Å². The van der Waals surface area contributed by atoms with Crippen LogP contribution in [0.5, 0.6) is 0 Å². The molecular weight excluding hydrogens is 294 g/mol. The zero-order chi connectivity index (χ0) is 16.8. The fourth-order valence-electron chi connectivity index (χ4n) is 2.13. The molecule has 0 aliphatic rings. The van der Waals surface area contributed by atoms with Crippen molar-refractivity contribution < 1.29 is 14.0 Å². The standard InChI is InChI=1S/C17H21N3O3/c1-4-12(2)11-20(3)17(22)15(21)19-14-7-5-6-13(10-14)16-18-8-9-23-16/h5-10,12H,4,11H2,1-3H3,(H,19,21). The van der Waals surface area contributed by atoms with E-state index in [-0.39, 0.29) is 0 Å². The molecule has 0 spiro atoms. The van der Waals surface area contributed by atoms with Gasteiger partial charge in [-0.25, -0.2) is 4.98 Å². The van der Waals surface area contributed by atoms with Gasteiger partial charge in [0.05, 0.1) is 6.20 Å². The Kier molecular flexibility index (Phi) is 5.51. The van der Waals surface area contributed by atoms with Crippen molar-refractivity contribution in [3.63, 3.8) is 0 Å². The van der Waals surface area contributed by atoms with Crippen molar-refractivity contribution in [2.45, 2.75) is 20.3 Å². The molecule has 0 radical (unpaired) electrons. The molecule has 0 saturated heterocycles. The number of carbonyl (C=O) groups is 2. The van der Waals surface area contributed by atoms with E-state index in [1.165, 1.54) is 11.2 Å². The molecule has 1 unspecified atom stereocenters. The molecule has 23 heavy (non-hydrogen) atoms. The summed E-state index contributed by atoms with van der Waals surface area (Å²) in [5.41, 5.74) is 1.25. The van der Waals surface area contributed by atoms with Crippen LogP contribution < -0.4 is 5.32 Å². The lowest BCUT2D eigenvalue weighted by molar-refractivity contribution is -0.142. The number of likely N-dealkylation sites (N-methyl/N-ethyl adjacent to an activating group) is 1. The topological polar surface area (TPSA) is 75.4 Å². The maximum atomic E-state index is 12.1. The van der Waals surface area contributed by atoms with Crippen LogP contribution >= 0.6 is 0 Å². The maximum Gasteiger partial charge on any atom is 0.313 e. The first-order valence-electron chi connectivity index (χ1n) is 7.57. The molecule has 2 aromatic rings. The van der Waals surface area contributed by atoms with Crippen LogP contribution in [0.25, 0.3) is 11.5 Å². The quantitative estimate of drug-likeness (QED) is 0.861. The van der Waals surface area contributed by atoms with Gasteiger partial charge in [0.2, 0.25) is 5.89 Å². The Morgan fingerprint density at radius 3 is 2.83 bits per heavy atom. The van der Waals surface area contributed by atoms with E-state index in [4.69, 9.17) is 4.42 Å². The monoisotopic (exact) mass is 315 g/mol. The van der Waals surface area contributed by atoms with E-state index in [1.54, 1.807) is 31.4 Å². The molecule has 6 heteroatoms. The van der Waals surface area contributed by atoms with E-state index in [1.807, 2.05) is 13.0 Å². The Labute approximate surface area is 135 Å². The third-order valence-corrected chi connectivity index (χ3v) is 3.62. The van der Waals surface area contributed by atoms with Gasteiger partial charge in [-0.15, -0.1) is 0 Å². The highest BCUT2D eigenvalue weighted by molar-refractivity contribution is 6.39. The van der Waals surface area contributed by atoms with Crippen LogP contribution in [0.15, 0.2) is 41.1 Å². The molecular formula is C17H21N3O3. The van der Waals surface area contributed by atoms with Crippen LogP contribution in [0.3, 0.4) is 0 Å². The van der Waals surface area contributed by atoms with E-state index in [0.717, 1.165) is 12.0 Å². The highest BCUT2D eigenvalue weighted by atomic mass is 16.3. The molecule has 122 valence electrons. The van der Waals surface area contributed by atoms with Gasteiger partial charge < -0.3 is 14.6 Å². The van der Waals surface area contributed by atoms with Gasteiger partial charge in [0, 0.05) is 24.8 Å². The van der Waals surface area contributed by atoms with Crippen molar-refractivity contribution in [3.05, 3.63) is 36.7 Å². The van der Waals surface area contributed by atoms with Crippen LogP contribution in [-0.4, -0.2) is 35.3 Å². The number of anilines is 1. The molecule has 0 bridgehead atoms. The summed E-state index contributed by atoms with van der Waals surface area (Å²) in [5, 5.41) is 2.62. The first-order chi connectivity index (χ1) is 11.0. The Morgan fingerprint density at radius 2 is 2.17 bits per heavy atom. The number of rotatable bonds is 5. The molecule has 0 aliphatic heterocycles. The van der Waals surface area contributed by atoms with E-state index in [0.29, 0.717) is 24.0 Å². The van der Waals surface area contributed by atoms with Gasteiger partial charge in [0.1, 0.15) is 6.26 Å². The number of oxazole rings is 1. The summed E-state index contributed by atoms with van der Waals surface area (Å²) in [6.07, 6.45) is 3.99. The minimum atomic E-state index is -0.652. The molecule has 0 fully saturated rings. The summed E-state index contributed by atoms with van der Waals surface area (Å²) in [5.74, 6) is -0.390. The lowest BCUT2D eigenvalue weighted by atomic mass is 10.1. The zero-order valence-electron chi connectivity index (χ0n) is 13.6. The lowest BCUT2D eigenvalue weighted by Gasteiger charge is -2.20. The highest BCUT2D eigenvalue weighted by Gasteiger charge is 2.20. The minimum absolute atomic E-state index is 0.352. The average molecular weight is 315 g/mol. The van der Waals surface area contributed by atoms with Gasteiger partial charge in [-0.3, -0.25) is 9.59 Å². The molecule has 1 aromatic heterocycles. The van der Waals surface area contributed by atoms with Gasteiger partial charge in [-0.2, -0.15) is 0 Å². The molecule has 0 saturated carbocycles. The molecule has 1 N–H and O–H groups in total. The molecule has 2 amide bonds. The van der Waals surface area contributed by atoms with Crippen LogP contribution in [0, 0.1) is 5.92 Å². The summed E-state index contributed by atoms with van der Waals surface area (Å²) >= 11 is 0. The van der Waals surface area contributed by atoms with E-state index < -0.39 is 11.8 Å². The van der Waals surface area contributed by atoms with Crippen molar-refractivity contribution in [1.29, 1.82) is 0 Å². The second-order valence-corrected chi connectivity index (χ2v) is 5.57. The Bertz CT molecular complexity index is 667. The number of nitrogens with zero attached hydrogens (tertiary/aromatic N) is 2. The SMILES string of the molecule is CCC(C)CN(C)C(=O)C(=O)Nc1cccc(-c2ncco2)c1. The Balaban J connectivity index is 2.02. The minimum Gasteiger partial charge on any atom is -0.445 e. The molecule has 6 nitrogen and oxygen atoms in total. The first-order valence-corrected chi connectivity index (χ1v) is 7.57. The number of carbonyl (C=O) groups excluding carboxylic acids is 2. The normalized spacial score (nSPS) is 11.8. The summed E-state index contributed by atoms with van der Waals surface area (Å²) in [6.45, 7) is 4.65. The number of hydrogen-bond acceptors (Lipinski definition) is 4. The number of amides is 2. The largest absolute Gasteiger partial charge is 0.445 e. The Morgan fingerprint density at radius 1 is 1.39 bits per heavy atom. The van der Waals surface area contributed by atoms with Crippen LogP contribution in [0.2, 0.25) is 0 Å². The predicted octanol–water partition coefficient (Wildman–Crippen LogP) is 2.78. The van der Waals surface area contributed by atoms with Crippen molar-refractivity contribution in [2.75, 3.05) is 18.9 Å². The van der Waals surface area contributed by atoms with Gasteiger partial charge in [0.15, 0.2) is 0 Å². The summed E-state index contributed by atoms with van der Waals surface area (Å²) in [6, 6.07) is 7.01. The molecule has 1 aromatic carbocycles. The van der Waals surface area contributed by atoms with Gasteiger partial charge >= 0.3 is 11.8 Å². The predicted molar refractivity (Wildman–Crippen MR) is 87.7 cm³/mol. The smallest absolute Gasteiger partial charge is 0.313 e. The Hall–Kier alpha value is -2.63. The molecule has 2 rings (SSSR count). The first kappa shape index (κ1) is 16.7. The van der Waals surface area contributed by atoms with Crippen molar-refractivity contribution in [2.24, 2.45) is 5.92 Å². The van der Waals surface area contributed by atoms with E-state index in [2.05, 4.69) is 17.2 Å². The molecule has 0 aliphatic carbocycles. The maximum absolute atomic E-state index is 12.1. The lowest BCUT2D eigenvalue weighted by Crippen LogP contribution is -2.39. The average Bonchev–Trinajstić information content (AvgIpc) is 3.08. The number of aromatic nitrogens is 1. The van der Waals surface area contributed by atoms with E-state index in [9.17, 15) is 9.59 Å². The van der Waals surface area contributed by atoms with Gasteiger partial charge in [0.25, 0.3) is 0 Å². The summed E-state index contributed by atoms with van der Waals surface area (Å²) in [4.78, 5) is 29.7. The zero-order valence-corrected chi connectivity index (χ0v) is 13.6. The number of hydrogen-bond donors (Lipinski definition) is 1. The number of nitrogens with one attached hydrogen (secondary N) is 1. The third-order valence-electron chi connectivity index (χ3n) is 3.62. The highest BCUT2D eigenvalue weighted by Crippen LogP contribution is 2.20. The summed E-state index contributed by atoms with van der Waals surface area (Å²) in [7, 11) is 1.64. The fraction of sp³-hybridized carbons (Fsp3) is 0.353. The third kappa shape index (κ3) is 4.42. The van der Waals surface area contributed by atoms with Crippen molar-refractivity contribution >= 4 is 17.5 Å². The molecule has 1 atom stereocenters.